The van der Waals surface area contributed by atoms with Crippen LogP contribution in [0.4, 0.5) is 0 Å². The van der Waals surface area contributed by atoms with E-state index in [1.807, 2.05) is 39.8 Å². The molecule has 108 valence electrons. The molecule has 3 aromatic heterocycles. The fourth-order valence-electron chi connectivity index (χ4n) is 2.54. The lowest BCUT2D eigenvalue weighted by Crippen LogP contribution is -2.02. The fourth-order valence-corrected chi connectivity index (χ4v) is 2.54. The molecule has 0 amide bonds. The number of aryl methyl sites for hydroxylation is 4. The maximum Gasteiger partial charge on any atom is 0.213 e. The summed E-state index contributed by atoms with van der Waals surface area (Å²) in [6.07, 6.45) is 0. The molecule has 21 heavy (non-hydrogen) atoms. The average Bonchev–Trinajstić information content (AvgIpc) is 2.75. The summed E-state index contributed by atoms with van der Waals surface area (Å²) in [5.74, 6) is 2.17. The van der Waals surface area contributed by atoms with Gasteiger partial charge >= 0.3 is 0 Å². The van der Waals surface area contributed by atoms with Crippen LogP contribution in [0.2, 0.25) is 0 Å². The van der Waals surface area contributed by atoms with Crippen molar-refractivity contribution in [1.29, 1.82) is 0 Å². The first kappa shape index (κ1) is 13.5. The normalized spacial score (nSPS) is 11.1. The SMILES string of the molecule is COc1ccc(-c2c(C)nn3c(C)nc(C)nc23)c(C)n1. The summed E-state index contributed by atoms with van der Waals surface area (Å²) < 4.78 is 6.94. The number of nitrogens with zero attached hydrogens (tertiary/aromatic N) is 5. The number of methoxy groups -OCH3 is 1. The molecule has 0 aromatic carbocycles. The highest BCUT2D eigenvalue weighted by molar-refractivity contribution is 5.81. The topological polar surface area (TPSA) is 65.2 Å². The first-order valence-electron chi connectivity index (χ1n) is 6.74. The molecule has 0 saturated heterocycles. The maximum atomic E-state index is 5.17. The smallest absolute Gasteiger partial charge is 0.213 e. The van der Waals surface area contributed by atoms with E-state index in [9.17, 15) is 0 Å². The van der Waals surface area contributed by atoms with Gasteiger partial charge in [-0.3, -0.25) is 0 Å². The predicted octanol–water partition coefficient (Wildman–Crippen LogP) is 2.43. The zero-order valence-corrected chi connectivity index (χ0v) is 12.8. The van der Waals surface area contributed by atoms with Crippen LogP contribution in [-0.2, 0) is 0 Å². The highest BCUT2D eigenvalue weighted by Gasteiger charge is 2.17. The van der Waals surface area contributed by atoms with Crippen LogP contribution in [0.3, 0.4) is 0 Å². The van der Waals surface area contributed by atoms with E-state index in [2.05, 4.69) is 20.1 Å². The maximum absolute atomic E-state index is 5.17. The van der Waals surface area contributed by atoms with Crippen molar-refractivity contribution in [3.8, 4) is 17.0 Å². The zero-order valence-electron chi connectivity index (χ0n) is 12.8. The van der Waals surface area contributed by atoms with Gasteiger partial charge in [-0.1, -0.05) is 0 Å². The van der Waals surface area contributed by atoms with Crippen molar-refractivity contribution in [3.63, 3.8) is 0 Å². The van der Waals surface area contributed by atoms with Crippen LogP contribution in [0.1, 0.15) is 23.0 Å². The van der Waals surface area contributed by atoms with Crippen molar-refractivity contribution >= 4 is 5.65 Å². The molecular weight excluding hydrogens is 266 g/mol. The lowest BCUT2D eigenvalue weighted by molar-refractivity contribution is 0.397. The summed E-state index contributed by atoms with van der Waals surface area (Å²) in [6, 6.07) is 3.85. The molecule has 0 radical (unpaired) electrons. The first-order valence-corrected chi connectivity index (χ1v) is 6.74. The summed E-state index contributed by atoms with van der Waals surface area (Å²) in [4.78, 5) is 13.3. The Labute approximate surface area is 122 Å². The van der Waals surface area contributed by atoms with Crippen LogP contribution in [0.15, 0.2) is 12.1 Å². The first-order chi connectivity index (χ1) is 10.0. The number of pyridine rings is 1. The third kappa shape index (κ3) is 2.12. The van der Waals surface area contributed by atoms with E-state index in [4.69, 9.17) is 4.74 Å². The molecule has 3 rings (SSSR count). The number of hydrogen-bond acceptors (Lipinski definition) is 5. The van der Waals surface area contributed by atoms with Gasteiger partial charge in [-0.05, 0) is 33.8 Å². The van der Waals surface area contributed by atoms with Crippen molar-refractivity contribution in [1.82, 2.24) is 24.6 Å². The van der Waals surface area contributed by atoms with Gasteiger partial charge in [-0.2, -0.15) is 5.10 Å². The van der Waals surface area contributed by atoms with Crippen LogP contribution in [0, 0.1) is 27.7 Å². The molecule has 0 aliphatic carbocycles. The minimum atomic E-state index is 0.604. The number of rotatable bonds is 2. The van der Waals surface area contributed by atoms with Gasteiger partial charge in [0.15, 0.2) is 5.65 Å². The summed E-state index contributed by atoms with van der Waals surface area (Å²) >= 11 is 0. The van der Waals surface area contributed by atoms with E-state index < -0.39 is 0 Å². The molecule has 6 nitrogen and oxygen atoms in total. The van der Waals surface area contributed by atoms with Gasteiger partial charge in [0.1, 0.15) is 11.6 Å². The lowest BCUT2D eigenvalue weighted by Gasteiger charge is -2.07. The summed E-state index contributed by atoms with van der Waals surface area (Å²) in [7, 11) is 1.61. The second kappa shape index (κ2) is 4.80. The molecule has 0 unspecified atom stereocenters. The van der Waals surface area contributed by atoms with Gasteiger partial charge in [-0.25, -0.2) is 19.5 Å². The van der Waals surface area contributed by atoms with E-state index in [-0.39, 0.29) is 0 Å². The predicted molar refractivity (Wildman–Crippen MR) is 79.5 cm³/mol. The summed E-state index contributed by atoms with van der Waals surface area (Å²) in [5.41, 5.74) is 4.62. The fraction of sp³-hybridized carbons (Fsp3) is 0.333. The molecule has 6 heteroatoms. The molecule has 0 atom stereocenters. The third-order valence-electron chi connectivity index (χ3n) is 3.47. The quantitative estimate of drug-likeness (QED) is 0.722. The van der Waals surface area contributed by atoms with E-state index >= 15 is 0 Å². The Bertz CT molecular complexity index is 838. The number of ether oxygens (including phenoxy) is 1. The summed E-state index contributed by atoms with van der Waals surface area (Å²) in [5, 5.41) is 4.55. The minimum Gasteiger partial charge on any atom is -0.481 e. The van der Waals surface area contributed by atoms with Crippen LogP contribution < -0.4 is 4.74 Å². The Balaban J connectivity index is 2.32. The third-order valence-corrected chi connectivity index (χ3v) is 3.47. The van der Waals surface area contributed by atoms with Crippen molar-refractivity contribution in [2.45, 2.75) is 27.7 Å². The van der Waals surface area contributed by atoms with Crippen LogP contribution in [0.25, 0.3) is 16.8 Å². The largest absolute Gasteiger partial charge is 0.481 e. The Morgan fingerprint density at radius 1 is 0.952 bits per heavy atom. The number of fused-ring (bicyclic) bond motifs is 1. The minimum absolute atomic E-state index is 0.604. The summed E-state index contributed by atoms with van der Waals surface area (Å²) in [6.45, 7) is 7.75. The van der Waals surface area contributed by atoms with E-state index in [0.717, 1.165) is 39.8 Å². The lowest BCUT2D eigenvalue weighted by atomic mass is 10.1. The van der Waals surface area contributed by atoms with Crippen LogP contribution in [0.5, 0.6) is 5.88 Å². The van der Waals surface area contributed by atoms with Gasteiger partial charge in [0.25, 0.3) is 0 Å². The van der Waals surface area contributed by atoms with Crippen LogP contribution >= 0.6 is 0 Å². The Morgan fingerprint density at radius 3 is 2.38 bits per heavy atom. The molecule has 0 N–H and O–H groups in total. The highest BCUT2D eigenvalue weighted by atomic mass is 16.5. The highest BCUT2D eigenvalue weighted by Crippen LogP contribution is 2.30. The molecule has 0 spiro atoms. The molecule has 0 aliphatic heterocycles. The van der Waals surface area contributed by atoms with Gasteiger partial charge in [0.2, 0.25) is 5.88 Å². The second-order valence-electron chi connectivity index (χ2n) is 5.00. The van der Waals surface area contributed by atoms with E-state index in [1.165, 1.54) is 0 Å². The van der Waals surface area contributed by atoms with Gasteiger partial charge in [0.05, 0.1) is 18.4 Å². The van der Waals surface area contributed by atoms with Crippen molar-refractivity contribution in [2.75, 3.05) is 7.11 Å². The molecule has 0 aliphatic rings. The van der Waals surface area contributed by atoms with Gasteiger partial charge in [0, 0.05) is 17.3 Å². The van der Waals surface area contributed by atoms with Crippen molar-refractivity contribution in [3.05, 3.63) is 35.2 Å². The molecule has 3 heterocycles. The molecule has 0 fully saturated rings. The van der Waals surface area contributed by atoms with E-state index in [1.54, 1.807) is 11.6 Å². The second-order valence-corrected chi connectivity index (χ2v) is 5.00. The average molecular weight is 283 g/mol. The van der Waals surface area contributed by atoms with Crippen molar-refractivity contribution in [2.24, 2.45) is 0 Å². The molecule has 0 saturated carbocycles. The molecular formula is C15H17N5O. The van der Waals surface area contributed by atoms with Crippen molar-refractivity contribution < 1.29 is 4.74 Å². The Hall–Kier alpha value is -2.50. The number of hydrogen-bond donors (Lipinski definition) is 0. The Kier molecular flexibility index (Phi) is 3.08. The zero-order chi connectivity index (χ0) is 15.1. The van der Waals surface area contributed by atoms with E-state index in [0.29, 0.717) is 5.88 Å². The van der Waals surface area contributed by atoms with Gasteiger partial charge in [-0.15, -0.1) is 0 Å². The van der Waals surface area contributed by atoms with Gasteiger partial charge < -0.3 is 4.74 Å². The van der Waals surface area contributed by atoms with Crippen LogP contribution in [-0.4, -0.2) is 31.7 Å². The number of aromatic nitrogens is 5. The molecule has 3 aromatic rings. The molecule has 0 bridgehead atoms. The monoisotopic (exact) mass is 283 g/mol. The standard InChI is InChI=1S/C15H17N5O/c1-8-12(6-7-13(16-8)21-5)14-9(2)19-20-11(4)17-10(3)18-15(14)20/h6-7H,1-5H3. The Morgan fingerprint density at radius 2 is 1.71 bits per heavy atom.